The van der Waals surface area contributed by atoms with Gasteiger partial charge in [-0.1, -0.05) is 30.3 Å². The maximum atomic E-state index is 12.8. The lowest BCUT2D eigenvalue weighted by Crippen LogP contribution is -2.43. The van der Waals surface area contributed by atoms with Crippen LogP contribution in [0.5, 0.6) is 0 Å². The van der Waals surface area contributed by atoms with Crippen LogP contribution in [0.4, 0.5) is 4.79 Å². The third kappa shape index (κ3) is 4.50. The number of amides is 1. The number of carbonyl (C=O) groups is 1. The molecule has 1 saturated carbocycles. The van der Waals surface area contributed by atoms with E-state index in [1.165, 1.54) is 5.56 Å². The predicted octanol–water partition coefficient (Wildman–Crippen LogP) is 3.78. The van der Waals surface area contributed by atoms with E-state index < -0.39 is 5.60 Å². The third-order valence-corrected chi connectivity index (χ3v) is 4.93. The molecule has 0 radical (unpaired) electrons. The smallest absolute Gasteiger partial charge is 0.410 e. The van der Waals surface area contributed by atoms with Gasteiger partial charge in [0.2, 0.25) is 0 Å². The Labute approximate surface area is 145 Å². The second kappa shape index (κ2) is 7.14. The fraction of sp³-hybridized carbons (Fsp3) is 0.650. The minimum atomic E-state index is -0.444. The molecule has 1 N–H and O–H groups in total. The van der Waals surface area contributed by atoms with Crippen molar-refractivity contribution in [2.24, 2.45) is 5.92 Å². The Kier molecular flexibility index (Phi) is 5.14. The summed E-state index contributed by atoms with van der Waals surface area (Å²) in [5.41, 5.74) is 0.891. The van der Waals surface area contributed by atoms with Gasteiger partial charge in [0.1, 0.15) is 5.60 Å². The first-order valence-electron chi connectivity index (χ1n) is 9.19. The third-order valence-electron chi connectivity index (χ3n) is 4.93. The largest absolute Gasteiger partial charge is 0.444 e. The van der Waals surface area contributed by atoms with E-state index >= 15 is 0 Å². The number of piperidine rings is 1. The van der Waals surface area contributed by atoms with Crippen molar-refractivity contribution in [2.45, 2.75) is 57.6 Å². The van der Waals surface area contributed by atoms with Gasteiger partial charge in [0, 0.05) is 18.5 Å². The van der Waals surface area contributed by atoms with Crippen molar-refractivity contribution in [3.8, 4) is 0 Å². The van der Waals surface area contributed by atoms with E-state index in [2.05, 4.69) is 29.6 Å². The number of hydrogen-bond donors (Lipinski definition) is 1. The minimum Gasteiger partial charge on any atom is -0.444 e. The summed E-state index contributed by atoms with van der Waals surface area (Å²) in [6.45, 7) is 8.75. The zero-order chi connectivity index (χ0) is 17.2. The fourth-order valence-corrected chi connectivity index (χ4v) is 3.59. The standard InChI is InChI=1S/C20H30N2O2/c1-20(2,3)24-19(23)22(14-15-9-11-21-12-10-15)18-13-17(18)16-7-5-4-6-8-16/h4-8,15,17-18,21H,9-14H2,1-3H3/t17-,18+/m0/s1. The molecule has 24 heavy (non-hydrogen) atoms. The van der Waals surface area contributed by atoms with Gasteiger partial charge in [0.05, 0.1) is 0 Å². The van der Waals surface area contributed by atoms with Gasteiger partial charge in [-0.05, 0) is 64.6 Å². The van der Waals surface area contributed by atoms with Gasteiger partial charge in [-0.2, -0.15) is 0 Å². The molecular weight excluding hydrogens is 300 g/mol. The van der Waals surface area contributed by atoms with E-state index in [-0.39, 0.29) is 12.1 Å². The molecule has 2 aliphatic rings. The van der Waals surface area contributed by atoms with Gasteiger partial charge in [0.15, 0.2) is 0 Å². The lowest BCUT2D eigenvalue weighted by Gasteiger charge is -2.32. The molecular formula is C20H30N2O2. The molecule has 1 aromatic rings. The Balaban J connectivity index is 1.69. The van der Waals surface area contributed by atoms with Crippen molar-refractivity contribution in [3.05, 3.63) is 35.9 Å². The quantitative estimate of drug-likeness (QED) is 0.913. The highest BCUT2D eigenvalue weighted by Gasteiger charge is 2.46. The molecule has 0 unspecified atom stereocenters. The highest BCUT2D eigenvalue weighted by Crippen LogP contribution is 2.45. The average molecular weight is 330 g/mol. The summed E-state index contributed by atoms with van der Waals surface area (Å²) in [7, 11) is 0. The first-order valence-corrected chi connectivity index (χ1v) is 9.19. The first kappa shape index (κ1) is 17.3. The lowest BCUT2D eigenvalue weighted by atomic mass is 9.97. The molecule has 1 saturated heterocycles. The molecule has 2 fully saturated rings. The van der Waals surface area contributed by atoms with E-state index in [0.717, 1.165) is 38.9 Å². The highest BCUT2D eigenvalue weighted by molar-refractivity contribution is 5.69. The van der Waals surface area contributed by atoms with Crippen molar-refractivity contribution in [2.75, 3.05) is 19.6 Å². The molecule has 132 valence electrons. The first-order chi connectivity index (χ1) is 11.4. The molecule has 4 heteroatoms. The number of benzene rings is 1. The van der Waals surface area contributed by atoms with Crippen LogP contribution in [0.3, 0.4) is 0 Å². The minimum absolute atomic E-state index is 0.149. The van der Waals surface area contributed by atoms with E-state index in [9.17, 15) is 4.79 Å². The Hall–Kier alpha value is -1.55. The Morgan fingerprint density at radius 1 is 1.21 bits per heavy atom. The topological polar surface area (TPSA) is 41.6 Å². The molecule has 1 aliphatic heterocycles. The summed E-state index contributed by atoms with van der Waals surface area (Å²) in [5.74, 6) is 1.04. The van der Waals surface area contributed by atoms with Crippen molar-refractivity contribution < 1.29 is 9.53 Å². The maximum Gasteiger partial charge on any atom is 0.410 e. The van der Waals surface area contributed by atoms with E-state index in [1.807, 2.05) is 31.7 Å². The highest BCUT2D eigenvalue weighted by atomic mass is 16.6. The fourth-order valence-electron chi connectivity index (χ4n) is 3.59. The number of nitrogens with one attached hydrogen (secondary N) is 1. The molecule has 1 aromatic carbocycles. The van der Waals surface area contributed by atoms with Crippen molar-refractivity contribution in [1.82, 2.24) is 10.2 Å². The van der Waals surface area contributed by atoms with Crippen LogP contribution in [0.2, 0.25) is 0 Å². The van der Waals surface area contributed by atoms with E-state index in [0.29, 0.717) is 11.8 Å². The summed E-state index contributed by atoms with van der Waals surface area (Å²) in [4.78, 5) is 14.8. The Morgan fingerprint density at radius 3 is 2.50 bits per heavy atom. The molecule has 2 atom stereocenters. The zero-order valence-corrected chi connectivity index (χ0v) is 15.1. The van der Waals surface area contributed by atoms with E-state index in [4.69, 9.17) is 4.74 Å². The van der Waals surface area contributed by atoms with Crippen molar-refractivity contribution >= 4 is 6.09 Å². The molecule has 1 aliphatic carbocycles. The molecule has 0 bridgehead atoms. The summed E-state index contributed by atoms with van der Waals surface area (Å²) in [5, 5.41) is 3.40. The number of rotatable bonds is 4. The normalized spacial score (nSPS) is 24.5. The molecule has 3 rings (SSSR count). The lowest BCUT2D eigenvalue weighted by molar-refractivity contribution is 0.0188. The Bertz CT molecular complexity index is 547. The van der Waals surface area contributed by atoms with Crippen LogP contribution in [0, 0.1) is 5.92 Å². The van der Waals surface area contributed by atoms with Crippen LogP contribution < -0.4 is 5.32 Å². The van der Waals surface area contributed by atoms with Gasteiger partial charge in [0.25, 0.3) is 0 Å². The number of ether oxygens (including phenoxy) is 1. The van der Waals surface area contributed by atoms with E-state index in [1.54, 1.807) is 0 Å². The Morgan fingerprint density at radius 2 is 1.88 bits per heavy atom. The number of carbonyl (C=O) groups excluding carboxylic acids is 1. The summed E-state index contributed by atoms with van der Waals surface area (Å²) in [6, 6.07) is 10.8. The molecule has 0 aromatic heterocycles. The van der Waals surface area contributed by atoms with Crippen LogP contribution in [-0.4, -0.2) is 42.3 Å². The molecule has 4 nitrogen and oxygen atoms in total. The van der Waals surface area contributed by atoms with Gasteiger partial charge in [-0.25, -0.2) is 4.79 Å². The van der Waals surface area contributed by atoms with Crippen LogP contribution in [0.25, 0.3) is 0 Å². The molecule has 1 heterocycles. The van der Waals surface area contributed by atoms with Crippen LogP contribution in [-0.2, 0) is 4.74 Å². The maximum absolute atomic E-state index is 12.8. The SMILES string of the molecule is CC(C)(C)OC(=O)N(CC1CCNCC1)[C@@H]1C[C@H]1c1ccccc1. The van der Waals surface area contributed by atoms with Gasteiger partial charge in [-0.15, -0.1) is 0 Å². The van der Waals surface area contributed by atoms with Gasteiger partial charge >= 0.3 is 6.09 Å². The average Bonchev–Trinajstić information content (AvgIpc) is 3.33. The zero-order valence-electron chi connectivity index (χ0n) is 15.1. The van der Waals surface area contributed by atoms with Crippen molar-refractivity contribution in [3.63, 3.8) is 0 Å². The van der Waals surface area contributed by atoms with Crippen molar-refractivity contribution in [1.29, 1.82) is 0 Å². The number of hydrogen-bond acceptors (Lipinski definition) is 3. The summed E-state index contributed by atoms with van der Waals surface area (Å²) < 4.78 is 5.70. The van der Waals surface area contributed by atoms with Gasteiger partial charge in [-0.3, -0.25) is 0 Å². The van der Waals surface area contributed by atoms with Crippen LogP contribution in [0.1, 0.15) is 51.5 Å². The monoisotopic (exact) mass is 330 g/mol. The molecule has 0 spiro atoms. The summed E-state index contributed by atoms with van der Waals surface area (Å²) in [6.07, 6.45) is 3.18. The summed E-state index contributed by atoms with van der Waals surface area (Å²) >= 11 is 0. The van der Waals surface area contributed by atoms with Crippen LogP contribution in [0.15, 0.2) is 30.3 Å². The second-order valence-electron chi connectivity index (χ2n) is 8.15. The number of nitrogens with zero attached hydrogens (tertiary/aromatic N) is 1. The molecule has 1 amide bonds. The van der Waals surface area contributed by atoms with Crippen LogP contribution >= 0.6 is 0 Å². The van der Waals surface area contributed by atoms with Gasteiger partial charge < -0.3 is 15.0 Å². The predicted molar refractivity (Wildman–Crippen MR) is 96.1 cm³/mol. The second-order valence-corrected chi connectivity index (χ2v) is 8.15.